The van der Waals surface area contributed by atoms with E-state index < -0.39 is 0 Å². The van der Waals surface area contributed by atoms with Crippen LogP contribution in [0.25, 0.3) is 0 Å². The molecule has 3 aliphatic rings. The molecule has 11 heavy (non-hydrogen) atoms. The molecular weight excluding hydrogens is 132 g/mol. The number of rotatable bonds is 0. The van der Waals surface area contributed by atoms with E-state index in [1.54, 1.807) is 0 Å². The second-order valence-electron chi connectivity index (χ2n) is 5.43. The van der Waals surface area contributed by atoms with Crippen molar-refractivity contribution in [3.63, 3.8) is 0 Å². The zero-order valence-corrected chi connectivity index (χ0v) is 8.22. The van der Waals surface area contributed by atoms with Gasteiger partial charge in [0.2, 0.25) is 0 Å². The molecule has 2 unspecified atom stereocenters. The fraction of sp³-hybridized carbons (Fsp3) is 1.00. The molecule has 3 fully saturated rings. The van der Waals surface area contributed by atoms with E-state index in [0.29, 0.717) is 5.41 Å². The van der Waals surface area contributed by atoms with Crippen molar-refractivity contribution < 1.29 is 0 Å². The van der Waals surface area contributed by atoms with Gasteiger partial charge in [-0.15, -0.1) is 0 Å². The average molecular weight is 152 g/mol. The van der Waals surface area contributed by atoms with E-state index in [4.69, 9.17) is 0 Å². The van der Waals surface area contributed by atoms with E-state index in [-0.39, 0.29) is 0 Å². The Hall–Kier alpha value is 0. The highest BCUT2D eigenvalue weighted by Gasteiger charge is 2.54. The van der Waals surface area contributed by atoms with Crippen LogP contribution in [-0.4, -0.2) is 0 Å². The topological polar surface area (TPSA) is 0 Å². The summed E-state index contributed by atoms with van der Waals surface area (Å²) in [5, 5.41) is 0. The predicted molar refractivity (Wildman–Crippen MR) is 48.3 cm³/mol. The Balaban J connectivity index is 2.17. The van der Waals surface area contributed by atoms with E-state index in [1.807, 2.05) is 0 Å². The summed E-state index contributed by atoms with van der Waals surface area (Å²) in [4.78, 5) is 0. The van der Waals surface area contributed by atoms with Gasteiger partial charge >= 0.3 is 0 Å². The first-order valence-corrected chi connectivity index (χ1v) is 5.03. The lowest BCUT2D eigenvalue weighted by molar-refractivity contribution is -0.124. The highest BCUT2D eigenvalue weighted by molar-refractivity contribution is 5.03. The van der Waals surface area contributed by atoms with E-state index in [2.05, 4.69) is 27.7 Å². The summed E-state index contributed by atoms with van der Waals surface area (Å²) in [5.74, 6) is 4.07. The lowest BCUT2D eigenvalue weighted by Crippen LogP contribution is -2.54. The molecule has 0 radical (unpaired) electrons. The van der Waals surface area contributed by atoms with E-state index >= 15 is 0 Å². The fourth-order valence-corrected chi connectivity index (χ4v) is 3.41. The molecule has 0 N–H and O–H groups in total. The molecule has 3 saturated carbocycles. The van der Waals surface area contributed by atoms with Crippen LogP contribution in [-0.2, 0) is 0 Å². The SMILES string of the molecule is C[C@H]1CC2CC([C@@H]1C)C2(C)C. The summed E-state index contributed by atoms with van der Waals surface area (Å²) in [6.45, 7) is 9.81. The minimum Gasteiger partial charge on any atom is -0.0622 e. The fourth-order valence-electron chi connectivity index (χ4n) is 3.41. The van der Waals surface area contributed by atoms with Gasteiger partial charge in [0.1, 0.15) is 0 Å². The predicted octanol–water partition coefficient (Wildman–Crippen LogP) is 3.32. The first-order chi connectivity index (χ1) is 5.03. The maximum absolute atomic E-state index is 2.47. The van der Waals surface area contributed by atoms with Gasteiger partial charge in [-0.1, -0.05) is 27.7 Å². The molecule has 2 bridgehead atoms. The van der Waals surface area contributed by atoms with Crippen molar-refractivity contribution in [3.8, 4) is 0 Å². The Morgan fingerprint density at radius 3 is 2.09 bits per heavy atom. The third-order valence-corrected chi connectivity index (χ3v) is 4.73. The quantitative estimate of drug-likeness (QED) is 0.499. The van der Waals surface area contributed by atoms with E-state index in [1.165, 1.54) is 12.8 Å². The molecule has 0 aromatic carbocycles. The lowest BCUT2D eigenvalue weighted by atomic mass is 9.44. The van der Waals surface area contributed by atoms with Crippen molar-refractivity contribution in [3.05, 3.63) is 0 Å². The van der Waals surface area contributed by atoms with E-state index in [9.17, 15) is 0 Å². The zero-order chi connectivity index (χ0) is 8.22. The van der Waals surface area contributed by atoms with Crippen LogP contribution < -0.4 is 0 Å². The molecule has 0 aromatic heterocycles. The summed E-state index contributed by atoms with van der Waals surface area (Å²) in [6, 6.07) is 0. The molecule has 0 aromatic rings. The maximum Gasteiger partial charge on any atom is -0.0295 e. The average Bonchev–Trinajstić information content (AvgIpc) is 1.93. The molecule has 0 spiro atoms. The molecule has 0 aliphatic heterocycles. The Kier molecular flexibility index (Phi) is 1.41. The Bertz CT molecular complexity index is 169. The molecule has 0 amide bonds. The minimum absolute atomic E-state index is 0.686. The van der Waals surface area contributed by atoms with Crippen molar-refractivity contribution in [1.82, 2.24) is 0 Å². The van der Waals surface area contributed by atoms with Gasteiger partial charge < -0.3 is 0 Å². The van der Waals surface area contributed by atoms with Crippen LogP contribution in [0.5, 0.6) is 0 Å². The van der Waals surface area contributed by atoms with Crippen molar-refractivity contribution in [1.29, 1.82) is 0 Å². The van der Waals surface area contributed by atoms with Crippen LogP contribution in [0, 0.1) is 29.1 Å². The van der Waals surface area contributed by atoms with Crippen LogP contribution in [0.4, 0.5) is 0 Å². The van der Waals surface area contributed by atoms with Crippen LogP contribution in [0.2, 0.25) is 0 Å². The van der Waals surface area contributed by atoms with Crippen molar-refractivity contribution in [2.24, 2.45) is 29.1 Å². The van der Waals surface area contributed by atoms with Crippen LogP contribution in [0.3, 0.4) is 0 Å². The maximum atomic E-state index is 2.47. The highest BCUT2D eigenvalue weighted by atomic mass is 14.6. The molecule has 3 rings (SSSR count). The van der Waals surface area contributed by atoms with E-state index in [0.717, 1.165) is 23.7 Å². The number of fused-ring (bicyclic) bond motifs is 2. The van der Waals surface area contributed by atoms with Gasteiger partial charge in [-0.2, -0.15) is 0 Å². The third kappa shape index (κ3) is 0.816. The van der Waals surface area contributed by atoms with Gasteiger partial charge in [0, 0.05) is 0 Å². The Morgan fingerprint density at radius 1 is 1.09 bits per heavy atom. The summed E-state index contributed by atoms with van der Waals surface area (Å²) in [6.07, 6.45) is 3.02. The smallest absolute Gasteiger partial charge is 0.0295 e. The summed E-state index contributed by atoms with van der Waals surface area (Å²) in [7, 11) is 0. The van der Waals surface area contributed by atoms with Gasteiger partial charge in [-0.25, -0.2) is 0 Å². The number of hydrogen-bond donors (Lipinski definition) is 0. The monoisotopic (exact) mass is 152 g/mol. The molecule has 64 valence electrons. The normalized spacial score (nSPS) is 53.5. The largest absolute Gasteiger partial charge is 0.0622 e. The van der Waals surface area contributed by atoms with Crippen molar-refractivity contribution in [2.75, 3.05) is 0 Å². The van der Waals surface area contributed by atoms with Gasteiger partial charge in [-0.3, -0.25) is 0 Å². The Labute approximate surface area is 70.4 Å². The summed E-state index contributed by atoms with van der Waals surface area (Å²) >= 11 is 0. The first-order valence-electron chi connectivity index (χ1n) is 5.03. The lowest BCUT2D eigenvalue weighted by Gasteiger charge is -2.61. The van der Waals surface area contributed by atoms with Crippen molar-refractivity contribution >= 4 is 0 Å². The molecule has 0 saturated heterocycles. The summed E-state index contributed by atoms with van der Waals surface area (Å²) in [5.41, 5.74) is 0.686. The molecular formula is C11H20. The highest BCUT2D eigenvalue weighted by Crippen LogP contribution is 2.62. The third-order valence-electron chi connectivity index (χ3n) is 4.73. The molecule has 3 aliphatic carbocycles. The van der Waals surface area contributed by atoms with Gasteiger partial charge in [0.25, 0.3) is 0 Å². The zero-order valence-electron chi connectivity index (χ0n) is 8.22. The van der Waals surface area contributed by atoms with Gasteiger partial charge in [0.05, 0.1) is 0 Å². The minimum atomic E-state index is 0.686. The molecule has 0 heterocycles. The first kappa shape index (κ1) is 7.64. The van der Waals surface area contributed by atoms with Crippen LogP contribution in [0.1, 0.15) is 40.5 Å². The molecule has 4 atom stereocenters. The van der Waals surface area contributed by atoms with Gasteiger partial charge in [0.15, 0.2) is 0 Å². The van der Waals surface area contributed by atoms with Gasteiger partial charge in [-0.05, 0) is 41.9 Å². The van der Waals surface area contributed by atoms with Crippen LogP contribution >= 0.6 is 0 Å². The number of hydrogen-bond acceptors (Lipinski definition) is 0. The molecule has 0 nitrogen and oxygen atoms in total. The standard InChI is InChI=1S/C11H20/c1-7-5-9-6-10(8(7)2)11(9,3)4/h7-10H,5-6H2,1-4H3/t7-,8+,9?,10?/m0/s1. The molecule has 0 heteroatoms. The Morgan fingerprint density at radius 2 is 1.73 bits per heavy atom. The van der Waals surface area contributed by atoms with Crippen LogP contribution in [0.15, 0.2) is 0 Å². The van der Waals surface area contributed by atoms with Crippen molar-refractivity contribution in [2.45, 2.75) is 40.5 Å². The second-order valence-corrected chi connectivity index (χ2v) is 5.43. The second kappa shape index (κ2) is 2.02. The summed E-state index contributed by atoms with van der Waals surface area (Å²) < 4.78 is 0.